The summed E-state index contributed by atoms with van der Waals surface area (Å²) in [7, 11) is 2.06. The van der Waals surface area contributed by atoms with E-state index in [1.54, 1.807) is 0 Å². The molecule has 0 spiro atoms. The molecule has 3 heteroatoms. The van der Waals surface area contributed by atoms with Crippen LogP contribution in [0.3, 0.4) is 0 Å². The van der Waals surface area contributed by atoms with E-state index in [2.05, 4.69) is 58.8 Å². The molecule has 0 aliphatic heterocycles. The Balaban J connectivity index is 2.14. The maximum Gasteiger partial charge on any atom is 0.0600 e. The SMILES string of the molecule is CN(Cc1ccc(I)cc1)c1ccccc1N. The van der Waals surface area contributed by atoms with E-state index in [0.29, 0.717) is 0 Å². The lowest BCUT2D eigenvalue weighted by atomic mass is 10.2. The topological polar surface area (TPSA) is 29.3 Å². The highest BCUT2D eigenvalue weighted by molar-refractivity contribution is 14.1. The molecular formula is C14H15IN2. The van der Waals surface area contributed by atoms with Crippen LogP contribution < -0.4 is 10.6 Å². The molecule has 17 heavy (non-hydrogen) atoms. The highest BCUT2D eigenvalue weighted by atomic mass is 127. The summed E-state index contributed by atoms with van der Waals surface area (Å²) in [5.41, 5.74) is 9.14. The van der Waals surface area contributed by atoms with Crippen molar-refractivity contribution in [1.29, 1.82) is 0 Å². The van der Waals surface area contributed by atoms with Crippen molar-refractivity contribution in [3.63, 3.8) is 0 Å². The Morgan fingerprint density at radius 1 is 1.06 bits per heavy atom. The number of halogens is 1. The molecule has 2 aromatic rings. The van der Waals surface area contributed by atoms with Crippen LogP contribution in [-0.2, 0) is 6.54 Å². The summed E-state index contributed by atoms with van der Waals surface area (Å²) in [6, 6.07) is 16.5. The molecule has 2 N–H and O–H groups in total. The van der Waals surface area contributed by atoms with Crippen LogP contribution in [-0.4, -0.2) is 7.05 Å². The highest BCUT2D eigenvalue weighted by Gasteiger charge is 2.04. The number of para-hydroxylation sites is 2. The fraction of sp³-hybridized carbons (Fsp3) is 0.143. The van der Waals surface area contributed by atoms with Crippen molar-refractivity contribution in [1.82, 2.24) is 0 Å². The molecular weight excluding hydrogens is 323 g/mol. The Hall–Kier alpha value is -1.23. The summed E-state index contributed by atoms with van der Waals surface area (Å²) in [5, 5.41) is 0. The van der Waals surface area contributed by atoms with Crippen LogP contribution in [0, 0.1) is 3.57 Å². The summed E-state index contributed by atoms with van der Waals surface area (Å²) in [6.45, 7) is 0.866. The number of anilines is 2. The van der Waals surface area contributed by atoms with Gasteiger partial charge in [-0.3, -0.25) is 0 Å². The summed E-state index contributed by atoms with van der Waals surface area (Å²) < 4.78 is 1.26. The van der Waals surface area contributed by atoms with Crippen molar-refractivity contribution in [2.75, 3.05) is 17.7 Å². The number of nitrogen functional groups attached to an aromatic ring is 1. The predicted octanol–water partition coefficient (Wildman–Crippen LogP) is 3.51. The minimum atomic E-state index is 0.820. The molecule has 0 unspecified atom stereocenters. The molecule has 2 nitrogen and oxygen atoms in total. The van der Waals surface area contributed by atoms with Gasteiger partial charge in [0, 0.05) is 17.2 Å². The van der Waals surface area contributed by atoms with Crippen LogP contribution in [0.2, 0.25) is 0 Å². The van der Waals surface area contributed by atoms with E-state index in [9.17, 15) is 0 Å². The first-order valence-corrected chi connectivity index (χ1v) is 6.55. The third-order valence-corrected chi connectivity index (χ3v) is 3.40. The number of hydrogen-bond acceptors (Lipinski definition) is 2. The summed E-state index contributed by atoms with van der Waals surface area (Å²) >= 11 is 2.31. The molecule has 0 radical (unpaired) electrons. The zero-order valence-electron chi connectivity index (χ0n) is 9.73. The van der Waals surface area contributed by atoms with E-state index in [1.165, 1.54) is 9.13 Å². The first-order valence-electron chi connectivity index (χ1n) is 5.47. The second-order valence-electron chi connectivity index (χ2n) is 4.04. The molecule has 2 rings (SSSR count). The van der Waals surface area contributed by atoms with Gasteiger partial charge in [-0.05, 0) is 52.4 Å². The van der Waals surface area contributed by atoms with Gasteiger partial charge in [-0.1, -0.05) is 24.3 Å². The van der Waals surface area contributed by atoms with Gasteiger partial charge in [0.1, 0.15) is 0 Å². The number of nitrogens with two attached hydrogens (primary N) is 1. The lowest BCUT2D eigenvalue weighted by Gasteiger charge is -2.21. The Morgan fingerprint density at radius 3 is 2.35 bits per heavy atom. The molecule has 0 aliphatic rings. The third-order valence-electron chi connectivity index (χ3n) is 2.68. The largest absolute Gasteiger partial charge is 0.397 e. The zero-order chi connectivity index (χ0) is 12.3. The van der Waals surface area contributed by atoms with Gasteiger partial charge in [0.25, 0.3) is 0 Å². The Kier molecular flexibility index (Phi) is 3.89. The van der Waals surface area contributed by atoms with Crippen LogP contribution in [0.5, 0.6) is 0 Å². The number of rotatable bonds is 3. The van der Waals surface area contributed by atoms with E-state index >= 15 is 0 Å². The molecule has 0 aromatic heterocycles. The first kappa shape index (κ1) is 12.2. The van der Waals surface area contributed by atoms with Gasteiger partial charge in [0.2, 0.25) is 0 Å². The van der Waals surface area contributed by atoms with Gasteiger partial charge in [0.05, 0.1) is 11.4 Å². The lowest BCUT2D eigenvalue weighted by Crippen LogP contribution is -2.17. The fourth-order valence-corrected chi connectivity index (χ4v) is 2.14. The van der Waals surface area contributed by atoms with Crippen molar-refractivity contribution in [2.24, 2.45) is 0 Å². The Labute approximate surface area is 116 Å². The Morgan fingerprint density at radius 2 is 1.71 bits per heavy atom. The third kappa shape index (κ3) is 3.12. The average molecular weight is 338 g/mol. The lowest BCUT2D eigenvalue weighted by molar-refractivity contribution is 0.924. The van der Waals surface area contributed by atoms with Crippen LogP contribution in [0.15, 0.2) is 48.5 Å². The first-order chi connectivity index (χ1) is 8.16. The highest BCUT2D eigenvalue weighted by Crippen LogP contribution is 2.22. The molecule has 0 heterocycles. The number of hydrogen-bond donors (Lipinski definition) is 1. The van der Waals surface area contributed by atoms with E-state index < -0.39 is 0 Å². The standard InChI is InChI=1S/C14H15IN2/c1-17(14-5-3-2-4-13(14)16)10-11-6-8-12(15)9-7-11/h2-9H,10,16H2,1H3. The monoisotopic (exact) mass is 338 g/mol. The van der Waals surface area contributed by atoms with Gasteiger partial charge >= 0.3 is 0 Å². The summed E-state index contributed by atoms with van der Waals surface area (Å²) in [6.07, 6.45) is 0. The van der Waals surface area contributed by atoms with Gasteiger partial charge in [-0.2, -0.15) is 0 Å². The smallest absolute Gasteiger partial charge is 0.0600 e. The maximum absolute atomic E-state index is 5.96. The van der Waals surface area contributed by atoms with Crippen LogP contribution in [0.25, 0.3) is 0 Å². The van der Waals surface area contributed by atoms with Crippen LogP contribution in [0.4, 0.5) is 11.4 Å². The molecule has 0 saturated carbocycles. The molecule has 2 aromatic carbocycles. The molecule has 0 bridgehead atoms. The van der Waals surface area contributed by atoms with E-state index in [1.807, 2.05) is 24.3 Å². The van der Waals surface area contributed by atoms with Gasteiger partial charge in [0.15, 0.2) is 0 Å². The molecule has 88 valence electrons. The van der Waals surface area contributed by atoms with E-state index in [4.69, 9.17) is 5.73 Å². The average Bonchev–Trinajstić information content (AvgIpc) is 2.32. The van der Waals surface area contributed by atoms with Crippen molar-refractivity contribution in [3.05, 3.63) is 57.7 Å². The van der Waals surface area contributed by atoms with Crippen molar-refractivity contribution < 1.29 is 0 Å². The minimum Gasteiger partial charge on any atom is -0.397 e. The fourth-order valence-electron chi connectivity index (χ4n) is 1.78. The van der Waals surface area contributed by atoms with Crippen molar-refractivity contribution in [3.8, 4) is 0 Å². The van der Waals surface area contributed by atoms with Crippen LogP contribution >= 0.6 is 22.6 Å². The van der Waals surface area contributed by atoms with E-state index in [-0.39, 0.29) is 0 Å². The quantitative estimate of drug-likeness (QED) is 0.686. The Bertz CT molecular complexity index is 494. The minimum absolute atomic E-state index is 0.820. The molecule has 0 amide bonds. The molecule has 0 fully saturated rings. The van der Waals surface area contributed by atoms with E-state index in [0.717, 1.165) is 17.9 Å². The summed E-state index contributed by atoms with van der Waals surface area (Å²) in [5.74, 6) is 0. The summed E-state index contributed by atoms with van der Waals surface area (Å²) in [4.78, 5) is 2.16. The zero-order valence-corrected chi connectivity index (χ0v) is 11.9. The molecule has 0 saturated heterocycles. The number of nitrogens with zero attached hydrogens (tertiary/aromatic N) is 1. The van der Waals surface area contributed by atoms with Crippen molar-refractivity contribution >= 4 is 34.0 Å². The molecule has 0 atom stereocenters. The molecule has 0 aliphatic carbocycles. The number of benzene rings is 2. The maximum atomic E-state index is 5.96. The van der Waals surface area contributed by atoms with Crippen LogP contribution in [0.1, 0.15) is 5.56 Å². The van der Waals surface area contributed by atoms with Gasteiger partial charge < -0.3 is 10.6 Å². The predicted molar refractivity (Wildman–Crippen MR) is 82.1 cm³/mol. The van der Waals surface area contributed by atoms with Gasteiger partial charge in [-0.15, -0.1) is 0 Å². The normalized spacial score (nSPS) is 10.2. The second-order valence-corrected chi connectivity index (χ2v) is 5.29. The van der Waals surface area contributed by atoms with Crippen molar-refractivity contribution in [2.45, 2.75) is 6.54 Å². The second kappa shape index (κ2) is 5.40. The van der Waals surface area contributed by atoms with Gasteiger partial charge in [-0.25, -0.2) is 0 Å².